The minimum Gasteiger partial charge on any atom is -0.317 e. The quantitative estimate of drug-likeness (QED) is 0.581. The summed E-state index contributed by atoms with van der Waals surface area (Å²) < 4.78 is 16.8. The van der Waals surface area contributed by atoms with Gasteiger partial charge in [-0.15, -0.1) is 0 Å². The molecule has 1 atom stereocenters. The Balaban J connectivity index is 1.60. The van der Waals surface area contributed by atoms with Gasteiger partial charge in [-0.1, -0.05) is 17.8 Å². The predicted molar refractivity (Wildman–Crippen MR) is 129 cm³/mol. The van der Waals surface area contributed by atoms with Crippen LogP contribution in [0, 0.1) is 29.6 Å². The molecule has 4 heterocycles. The van der Waals surface area contributed by atoms with Gasteiger partial charge in [-0.25, -0.2) is 8.91 Å². The van der Waals surface area contributed by atoms with Crippen molar-refractivity contribution in [2.24, 2.45) is 0 Å². The minimum atomic E-state index is -0.968. The zero-order valence-corrected chi connectivity index (χ0v) is 19.9. The van der Waals surface area contributed by atoms with E-state index in [9.17, 15) is 14.9 Å². The third-order valence-electron chi connectivity index (χ3n) is 6.62. The number of allylic oxidation sites excluding steroid dienone is 3. The summed E-state index contributed by atoms with van der Waals surface area (Å²) in [5.74, 6) is -0.298. The van der Waals surface area contributed by atoms with E-state index in [0.29, 0.717) is 22.7 Å². The molecule has 0 aromatic carbocycles. The first-order chi connectivity index (χ1) is 16.4. The number of hydrogen-bond donors (Lipinski definition) is 1. The Bertz CT molecular complexity index is 1410. The van der Waals surface area contributed by atoms with Gasteiger partial charge in [-0.2, -0.15) is 20.7 Å². The predicted octanol–water partition coefficient (Wildman–Crippen LogP) is 4.86. The van der Waals surface area contributed by atoms with E-state index in [1.54, 1.807) is 17.5 Å². The maximum Gasteiger partial charge on any atom is 0.129 e. The van der Waals surface area contributed by atoms with Crippen LogP contribution in [0.2, 0.25) is 0 Å². The number of thioether (sulfide) groups is 1. The monoisotopic (exact) mass is 473 g/mol. The summed E-state index contributed by atoms with van der Waals surface area (Å²) in [6.45, 7) is 5.74. The van der Waals surface area contributed by atoms with Gasteiger partial charge in [0, 0.05) is 34.3 Å². The van der Waals surface area contributed by atoms with Crippen LogP contribution in [0.1, 0.15) is 43.5 Å². The van der Waals surface area contributed by atoms with Gasteiger partial charge >= 0.3 is 0 Å². The van der Waals surface area contributed by atoms with E-state index in [0.717, 1.165) is 47.6 Å². The summed E-state index contributed by atoms with van der Waals surface area (Å²) in [5.41, 5.74) is 4.59. The number of halogens is 1. The van der Waals surface area contributed by atoms with Crippen LogP contribution in [0.4, 0.5) is 4.39 Å². The lowest BCUT2D eigenvalue weighted by molar-refractivity contribution is 0.338. The van der Waals surface area contributed by atoms with Gasteiger partial charge in [0.1, 0.15) is 16.6 Å². The Morgan fingerprint density at radius 1 is 1.21 bits per heavy atom. The van der Waals surface area contributed by atoms with Crippen molar-refractivity contribution in [3.8, 4) is 23.3 Å². The molecular formula is C25H24FN7S. The molecule has 9 heteroatoms. The molecule has 0 amide bonds. The van der Waals surface area contributed by atoms with Gasteiger partial charge in [0.15, 0.2) is 0 Å². The summed E-state index contributed by atoms with van der Waals surface area (Å²) in [6, 6.07) is 6.93. The van der Waals surface area contributed by atoms with Gasteiger partial charge < -0.3 is 5.32 Å². The molecule has 1 aliphatic heterocycles. The van der Waals surface area contributed by atoms with Crippen molar-refractivity contribution in [2.75, 3.05) is 13.1 Å². The molecule has 172 valence electrons. The number of pyridine rings is 1. The number of hydrogen-bond acceptors (Lipinski definition) is 6. The van der Waals surface area contributed by atoms with E-state index in [4.69, 9.17) is 5.10 Å². The standard InChI is InChI=1S/C25H24FN7S/c1-16-10-25(15-28,6-3-22(16)26)34-23-9-18(14-32-24(23)19(11-27)12-30-32)21-13-31-33(17(21)2)20-4-7-29-8-5-20/h3,6,9,12-14,20,29H,4-5,7-8,10H2,1-2H3. The van der Waals surface area contributed by atoms with Crippen LogP contribution in [0.25, 0.3) is 16.6 Å². The molecule has 5 rings (SSSR count). The average Bonchev–Trinajstić information content (AvgIpc) is 3.45. The number of nitrogens with zero attached hydrogens (tertiary/aromatic N) is 6. The largest absolute Gasteiger partial charge is 0.317 e. The summed E-state index contributed by atoms with van der Waals surface area (Å²) in [6.07, 6.45) is 10.6. The van der Waals surface area contributed by atoms with E-state index >= 15 is 0 Å². The second kappa shape index (κ2) is 8.75. The van der Waals surface area contributed by atoms with Crippen LogP contribution in [-0.4, -0.2) is 37.2 Å². The van der Waals surface area contributed by atoms with Gasteiger partial charge in [0.2, 0.25) is 0 Å². The highest BCUT2D eigenvalue weighted by molar-refractivity contribution is 8.01. The molecular weight excluding hydrogens is 449 g/mol. The first-order valence-electron chi connectivity index (χ1n) is 11.3. The van der Waals surface area contributed by atoms with Crippen molar-refractivity contribution in [1.82, 2.24) is 24.7 Å². The van der Waals surface area contributed by atoms with Crippen LogP contribution >= 0.6 is 11.8 Å². The van der Waals surface area contributed by atoms with Crippen LogP contribution < -0.4 is 5.32 Å². The van der Waals surface area contributed by atoms with Gasteiger partial charge in [0.25, 0.3) is 0 Å². The van der Waals surface area contributed by atoms with Crippen LogP contribution in [0.3, 0.4) is 0 Å². The molecule has 2 aliphatic rings. The molecule has 0 saturated carbocycles. The van der Waals surface area contributed by atoms with Crippen LogP contribution in [0.5, 0.6) is 0 Å². The number of nitrogens with one attached hydrogen (secondary N) is 1. The molecule has 1 fully saturated rings. The third-order valence-corrected chi connectivity index (χ3v) is 7.89. The summed E-state index contributed by atoms with van der Waals surface area (Å²) in [4.78, 5) is 0.752. The third kappa shape index (κ3) is 3.81. The maximum absolute atomic E-state index is 14.0. The number of aromatic nitrogens is 4. The van der Waals surface area contributed by atoms with Gasteiger partial charge in [0.05, 0.1) is 35.6 Å². The van der Waals surface area contributed by atoms with Crippen molar-refractivity contribution >= 4 is 17.3 Å². The van der Waals surface area contributed by atoms with Crippen LogP contribution in [0.15, 0.2) is 53.1 Å². The van der Waals surface area contributed by atoms with Crippen molar-refractivity contribution < 1.29 is 4.39 Å². The highest BCUT2D eigenvalue weighted by Crippen LogP contribution is 2.45. The molecule has 1 aliphatic carbocycles. The zero-order chi connectivity index (χ0) is 23.9. The zero-order valence-electron chi connectivity index (χ0n) is 19.0. The normalized spacial score (nSPS) is 21.1. The number of nitriles is 2. The second-order valence-electron chi connectivity index (χ2n) is 8.87. The van der Waals surface area contributed by atoms with Gasteiger partial charge in [-0.3, -0.25) is 4.68 Å². The van der Waals surface area contributed by atoms with Crippen molar-refractivity contribution in [1.29, 1.82) is 10.5 Å². The topological polar surface area (TPSA) is 94.7 Å². The Kier molecular flexibility index (Phi) is 5.76. The molecule has 0 radical (unpaired) electrons. The molecule has 34 heavy (non-hydrogen) atoms. The molecule has 3 aromatic heterocycles. The molecule has 7 nitrogen and oxygen atoms in total. The maximum atomic E-state index is 14.0. The fraction of sp³-hybridized carbons (Fsp3) is 0.360. The SMILES string of the molecule is CC1=C(F)C=CC(C#N)(Sc2cc(-c3cnn(C4CCNCC4)c3C)cn3ncc(C#N)c23)C1. The highest BCUT2D eigenvalue weighted by Gasteiger charge is 2.34. The average molecular weight is 474 g/mol. The fourth-order valence-electron chi connectivity index (χ4n) is 4.77. The molecule has 1 N–H and O–H groups in total. The lowest BCUT2D eigenvalue weighted by atomic mass is 9.95. The molecule has 1 unspecified atom stereocenters. The Labute approximate surface area is 201 Å². The number of piperidine rings is 1. The Hall–Kier alpha value is -3.40. The van der Waals surface area contributed by atoms with Crippen molar-refractivity contribution in [2.45, 2.75) is 48.8 Å². The first kappa shape index (κ1) is 22.4. The highest BCUT2D eigenvalue weighted by atomic mass is 32.2. The van der Waals surface area contributed by atoms with E-state index < -0.39 is 4.75 Å². The molecule has 0 spiro atoms. The number of fused-ring (bicyclic) bond motifs is 1. The minimum absolute atomic E-state index is 0.273. The first-order valence-corrected chi connectivity index (χ1v) is 12.1. The lowest BCUT2D eigenvalue weighted by Gasteiger charge is -2.26. The van der Waals surface area contributed by atoms with E-state index in [-0.39, 0.29) is 12.2 Å². The van der Waals surface area contributed by atoms with Crippen molar-refractivity contribution in [3.63, 3.8) is 0 Å². The Morgan fingerprint density at radius 2 is 2.00 bits per heavy atom. The molecule has 3 aromatic rings. The lowest BCUT2D eigenvalue weighted by Crippen LogP contribution is -2.30. The van der Waals surface area contributed by atoms with Crippen molar-refractivity contribution in [3.05, 3.63) is 59.5 Å². The molecule has 0 bridgehead atoms. The van der Waals surface area contributed by atoms with E-state index in [1.807, 2.05) is 18.5 Å². The summed E-state index contributed by atoms with van der Waals surface area (Å²) in [7, 11) is 0. The summed E-state index contributed by atoms with van der Waals surface area (Å²) >= 11 is 1.33. The fourth-order valence-corrected chi connectivity index (χ4v) is 6.12. The second-order valence-corrected chi connectivity index (χ2v) is 10.2. The van der Waals surface area contributed by atoms with E-state index in [1.165, 1.54) is 24.0 Å². The number of rotatable bonds is 4. The Morgan fingerprint density at radius 3 is 2.71 bits per heavy atom. The smallest absolute Gasteiger partial charge is 0.129 e. The summed E-state index contributed by atoms with van der Waals surface area (Å²) in [5, 5.41) is 32.2. The van der Waals surface area contributed by atoms with E-state index in [2.05, 4.69) is 34.2 Å². The van der Waals surface area contributed by atoms with Gasteiger partial charge in [-0.05, 0) is 57.5 Å². The molecule has 1 saturated heterocycles. The van der Waals surface area contributed by atoms with Crippen LogP contribution in [-0.2, 0) is 0 Å².